The molecule has 4 nitrogen and oxygen atoms in total. The van der Waals surface area contributed by atoms with Crippen LogP contribution >= 0.6 is 0 Å². The molecule has 0 spiro atoms. The van der Waals surface area contributed by atoms with E-state index in [0.29, 0.717) is 0 Å². The van der Waals surface area contributed by atoms with E-state index in [4.69, 9.17) is 19.4 Å². The summed E-state index contributed by atoms with van der Waals surface area (Å²) in [6.45, 7) is 33.4. The zero-order chi connectivity index (χ0) is 42.7. The van der Waals surface area contributed by atoms with Crippen molar-refractivity contribution >= 4 is 24.3 Å². The highest BCUT2D eigenvalue weighted by molar-refractivity contribution is 5.76. The van der Waals surface area contributed by atoms with Crippen molar-refractivity contribution in [3.05, 3.63) is 105 Å². The van der Waals surface area contributed by atoms with Gasteiger partial charge < -0.3 is 9.47 Å². The molecule has 0 amide bonds. The Labute approximate surface area is 354 Å². The molecule has 0 N–H and O–H groups in total. The maximum absolute atomic E-state index is 6.62. The molecule has 58 heavy (non-hydrogen) atoms. The van der Waals surface area contributed by atoms with Crippen molar-refractivity contribution in [1.29, 1.82) is 0 Å². The van der Waals surface area contributed by atoms with Gasteiger partial charge in [0.15, 0.2) is 0 Å². The van der Waals surface area contributed by atoms with Crippen molar-refractivity contribution in [2.45, 2.75) is 170 Å². The SMILES string of the molecule is CCCCCCOc1c(C(C)(C)C)cc(/C=C/c2ccnc(-c3cc(/C=C/c4cc(C(C)(C)C)c(OCCCCCC)c(C(C)(C)C)c4)ccn3)c2)cc1C(C)(C)C. The van der Waals surface area contributed by atoms with E-state index in [2.05, 4.69) is 170 Å². The van der Waals surface area contributed by atoms with Gasteiger partial charge in [-0.3, -0.25) is 9.97 Å². The lowest BCUT2D eigenvalue weighted by molar-refractivity contribution is 0.289. The minimum absolute atomic E-state index is 0.0627. The molecule has 0 bridgehead atoms. The Hall–Kier alpha value is -4.18. The third-order valence-corrected chi connectivity index (χ3v) is 10.7. The molecule has 0 fully saturated rings. The van der Waals surface area contributed by atoms with E-state index < -0.39 is 0 Å². The van der Waals surface area contributed by atoms with Gasteiger partial charge in [0, 0.05) is 34.6 Å². The Kier molecular flexibility index (Phi) is 16.2. The van der Waals surface area contributed by atoms with Gasteiger partial charge in [-0.2, -0.15) is 0 Å². The molecule has 0 aliphatic heterocycles. The molecule has 0 saturated carbocycles. The van der Waals surface area contributed by atoms with E-state index >= 15 is 0 Å². The van der Waals surface area contributed by atoms with Gasteiger partial charge in [-0.05, 0) is 105 Å². The molecule has 314 valence electrons. The predicted molar refractivity (Wildman–Crippen MR) is 252 cm³/mol. The summed E-state index contributed by atoms with van der Waals surface area (Å²) in [5.41, 5.74) is 11.0. The second-order valence-electron chi connectivity index (χ2n) is 20.3. The van der Waals surface area contributed by atoms with Crippen molar-refractivity contribution in [3.8, 4) is 22.9 Å². The van der Waals surface area contributed by atoms with Gasteiger partial charge in [0.05, 0.1) is 24.6 Å². The minimum atomic E-state index is -0.0627. The van der Waals surface area contributed by atoms with Crippen LogP contribution in [0, 0.1) is 0 Å². The maximum Gasteiger partial charge on any atom is 0.126 e. The summed E-state index contributed by atoms with van der Waals surface area (Å²) < 4.78 is 13.2. The standard InChI is InChI=1S/C54H76N2O2/c1-15-17-19-21-31-57-49-43(51(3,4)5)33-41(34-44(49)52(6,7)8)25-23-39-27-29-55-47(37-39)48-38-40(28-30-56-48)24-26-42-35-45(53(9,10)11)50(46(36-42)54(12,13)14)58-32-22-20-18-16-2/h23-30,33-38H,15-22,31-32H2,1-14H3/b25-23+,26-24+. The smallest absolute Gasteiger partial charge is 0.126 e. The number of ether oxygens (including phenoxy) is 2. The largest absolute Gasteiger partial charge is 0.493 e. The second kappa shape index (κ2) is 20.2. The average Bonchev–Trinajstić information content (AvgIpc) is 3.15. The summed E-state index contributed by atoms with van der Waals surface area (Å²) >= 11 is 0. The lowest BCUT2D eigenvalue weighted by atomic mass is 9.78. The summed E-state index contributed by atoms with van der Waals surface area (Å²) in [5, 5.41) is 0. The summed E-state index contributed by atoms with van der Waals surface area (Å²) in [7, 11) is 0. The lowest BCUT2D eigenvalue weighted by Crippen LogP contribution is -2.20. The number of unbranched alkanes of at least 4 members (excludes halogenated alkanes) is 6. The summed E-state index contributed by atoms with van der Waals surface area (Å²) in [6.07, 6.45) is 22.1. The van der Waals surface area contributed by atoms with Crippen LogP contribution < -0.4 is 9.47 Å². The first-order valence-electron chi connectivity index (χ1n) is 22.1. The van der Waals surface area contributed by atoms with E-state index in [1.54, 1.807) is 0 Å². The molecule has 2 aromatic carbocycles. The van der Waals surface area contributed by atoms with Gasteiger partial charge in [0.25, 0.3) is 0 Å². The Balaban J connectivity index is 1.63. The van der Waals surface area contributed by atoms with Gasteiger partial charge in [-0.25, -0.2) is 0 Å². The van der Waals surface area contributed by atoms with Crippen molar-refractivity contribution in [3.63, 3.8) is 0 Å². The van der Waals surface area contributed by atoms with Gasteiger partial charge in [0.1, 0.15) is 11.5 Å². The molecule has 0 radical (unpaired) electrons. The van der Waals surface area contributed by atoms with Crippen molar-refractivity contribution in [2.24, 2.45) is 0 Å². The van der Waals surface area contributed by atoms with Crippen molar-refractivity contribution in [1.82, 2.24) is 9.97 Å². The van der Waals surface area contributed by atoms with Crippen LogP contribution in [0.4, 0.5) is 0 Å². The number of nitrogens with zero attached hydrogens (tertiary/aromatic N) is 2. The molecule has 0 aliphatic carbocycles. The molecule has 0 saturated heterocycles. The van der Waals surface area contributed by atoms with E-state index in [9.17, 15) is 0 Å². The predicted octanol–water partition coefficient (Wildman–Crippen LogP) is 15.6. The fourth-order valence-corrected chi connectivity index (χ4v) is 7.21. The van der Waals surface area contributed by atoms with Crippen LogP contribution in [-0.4, -0.2) is 23.2 Å². The number of hydrogen-bond donors (Lipinski definition) is 0. The molecule has 0 aliphatic rings. The number of benzene rings is 2. The van der Waals surface area contributed by atoms with Gasteiger partial charge in [-0.1, -0.05) is 160 Å². The molecule has 2 aromatic heterocycles. The number of aromatic nitrogens is 2. The van der Waals surface area contributed by atoms with Crippen LogP contribution in [0.25, 0.3) is 35.7 Å². The van der Waals surface area contributed by atoms with Gasteiger partial charge in [-0.15, -0.1) is 0 Å². The summed E-state index contributed by atoms with van der Waals surface area (Å²) in [6, 6.07) is 17.6. The zero-order valence-electron chi connectivity index (χ0n) is 38.9. The fourth-order valence-electron chi connectivity index (χ4n) is 7.21. The highest BCUT2D eigenvalue weighted by Gasteiger charge is 2.29. The lowest BCUT2D eigenvalue weighted by Gasteiger charge is -2.30. The molecule has 4 rings (SSSR count). The van der Waals surface area contributed by atoms with Crippen molar-refractivity contribution in [2.75, 3.05) is 13.2 Å². The molecule has 4 aromatic rings. The first kappa shape index (κ1) is 46.5. The van der Waals surface area contributed by atoms with E-state index in [1.165, 1.54) is 71.9 Å². The fraction of sp³-hybridized carbons (Fsp3) is 0.519. The second-order valence-corrected chi connectivity index (χ2v) is 20.3. The highest BCUT2D eigenvalue weighted by Crippen LogP contribution is 2.43. The topological polar surface area (TPSA) is 44.2 Å². The Morgan fingerprint density at radius 2 is 0.724 bits per heavy atom. The van der Waals surface area contributed by atoms with Crippen LogP contribution in [0.5, 0.6) is 11.5 Å². The Bertz CT molecular complexity index is 1770. The molecule has 2 heterocycles. The number of hydrogen-bond acceptors (Lipinski definition) is 4. The third kappa shape index (κ3) is 13.4. The van der Waals surface area contributed by atoms with E-state index in [0.717, 1.165) is 60.1 Å². The molecule has 0 unspecified atom stereocenters. The summed E-state index contributed by atoms with van der Waals surface area (Å²) in [4.78, 5) is 9.50. The van der Waals surface area contributed by atoms with E-state index in [-0.39, 0.29) is 21.7 Å². The highest BCUT2D eigenvalue weighted by atomic mass is 16.5. The van der Waals surface area contributed by atoms with Crippen LogP contribution in [0.15, 0.2) is 60.9 Å². The number of pyridine rings is 2. The van der Waals surface area contributed by atoms with E-state index in [1.807, 2.05) is 12.4 Å². The maximum atomic E-state index is 6.62. The molecular weight excluding hydrogens is 709 g/mol. The number of rotatable bonds is 17. The Morgan fingerprint density at radius 3 is 1.02 bits per heavy atom. The normalized spacial score (nSPS) is 12.9. The zero-order valence-corrected chi connectivity index (χ0v) is 38.9. The van der Waals surface area contributed by atoms with Crippen LogP contribution in [0.1, 0.15) is 193 Å². The van der Waals surface area contributed by atoms with Crippen LogP contribution in [0.2, 0.25) is 0 Å². The van der Waals surface area contributed by atoms with Crippen molar-refractivity contribution < 1.29 is 9.47 Å². The molecule has 0 atom stereocenters. The minimum Gasteiger partial charge on any atom is -0.493 e. The first-order valence-corrected chi connectivity index (χ1v) is 22.1. The quantitative estimate of drug-likeness (QED) is 0.100. The monoisotopic (exact) mass is 785 g/mol. The van der Waals surface area contributed by atoms with Gasteiger partial charge in [0.2, 0.25) is 0 Å². The molecule has 4 heteroatoms. The third-order valence-electron chi connectivity index (χ3n) is 10.7. The van der Waals surface area contributed by atoms with Gasteiger partial charge >= 0.3 is 0 Å². The first-order chi connectivity index (χ1) is 27.2. The Morgan fingerprint density at radius 1 is 0.414 bits per heavy atom. The average molecular weight is 785 g/mol. The van der Waals surface area contributed by atoms with Crippen LogP contribution in [-0.2, 0) is 21.7 Å². The van der Waals surface area contributed by atoms with Crippen LogP contribution in [0.3, 0.4) is 0 Å². The summed E-state index contributed by atoms with van der Waals surface area (Å²) in [5.74, 6) is 2.12. The molecular formula is C54H76N2O2.